The maximum Gasteiger partial charge on any atom is 0.307 e. The van der Waals surface area contributed by atoms with Gasteiger partial charge in [-0.1, -0.05) is 24.7 Å². The smallest absolute Gasteiger partial charge is 0.307 e. The Hall–Kier alpha value is -1.71. The van der Waals surface area contributed by atoms with Gasteiger partial charge in [0.25, 0.3) is 0 Å². The van der Waals surface area contributed by atoms with E-state index in [1.54, 1.807) is 30.1 Å². The average Bonchev–Trinajstić information content (AvgIpc) is 2.98. The number of carbonyl (C=O) groups is 1. The third-order valence-corrected chi connectivity index (χ3v) is 8.32. The zero-order valence-electron chi connectivity index (χ0n) is 16.6. The fourth-order valence-corrected chi connectivity index (χ4v) is 6.07. The van der Waals surface area contributed by atoms with Gasteiger partial charge in [0, 0.05) is 39.6 Å². The lowest BCUT2D eigenvalue weighted by molar-refractivity contribution is -0.135. The Kier molecular flexibility index (Phi) is 6.26. The van der Waals surface area contributed by atoms with Gasteiger partial charge in [0.1, 0.15) is 0 Å². The number of benzene rings is 1. The molecule has 1 amide bonds. The van der Waals surface area contributed by atoms with Gasteiger partial charge in [-0.15, -0.1) is 0 Å². The molecule has 0 unspecified atom stereocenters. The molecule has 2 aromatic rings. The number of thiazole rings is 1. The maximum absolute atomic E-state index is 13.0. The number of aryl methyl sites for hydroxylation is 1. The molecule has 1 aromatic heterocycles. The van der Waals surface area contributed by atoms with Gasteiger partial charge in [-0.25, -0.2) is 8.42 Å². The molecule has 1 saturated heterocycles. The van der Waals surface area contributed by atoms with Crippen LogP contribution in [0.4, 0.5) is 0 Å². The molecule has 0 aliphatic carbocycles. The summed E-state index contributed by atoms with van der Waals surface area (Å²) < 4.78 is 29.7. The van der Waals surface area contributed by atoms with E-state index >= 15 is 0 Å². The highest BCUT2D eigenvalue weighted by Crippen LogP contribution is 2.27. The minimum atomic E-state index is -3.64. The number of amides is 1. The van der Waals surface area contributed by atoms with Crippen LogP contribution >= 0.6 is 11.3 Å². The first-order valence-electron chi connectivity index (χ1n) is 9.60. The van der Waals surface area contributed by atoms with Gasteiger partial charge < -0.3 is 9.47 Å². The Morgan fingerprint density at radius 3 is 2.61 bits per heavy atom. The van der Waals surface area contributed by atoms with Crippen LogP contribution < -0.4 is 4.87 Å². The van der Waals surface area contributed by atoms with Crippen molar-refractivity contribution in [2.24, 2.45) is 13.0 Å². The number of sulfonamides is 1. The highest BCUT2D eigenvalue weighted by molar-refractivity contribution is 7.89. The summed E-state index contributed by atoms with van der Waals surface area (Å²) in [6, 6.07) is 4.81. The van der Waals surface area contributed by atoms with Crippen molar-refractivity contribution in [3.8, 4) is 0 Å². The minimum absolute atomic E-state index is 0.112. The summed E-state index contributed by atoms with van der Waals surface area (Å²) in [6.45, 7) is 3.51. The van der Waals surface area contributed by atoms with Gasteiger partial charge >= 0.3 is 4.87 Å². The zero-order valence-corrected chi connectivity index (χ0v) is 18.2. The summed E-state index contributed by atoms with van der Waals surface area (Å²) in [5, 5.41) is 0. The van der Waals surface area contributed by atoms with Crippen LogP contribution in [0.1, 0.15) is 32.6 Å². The molecule has 9 heteroatoms. The Morgan fingerprint density at radius 1 is 1.29 bits per heavy atom. The minimum Gasteiger partial charge on any atom is -0.346 e. The number of piperidine rings is 1. The summed E-state index contributed by atoms with van der Waals surface area (Å²) in [5.74, 6) is -0.00358. The van der Waals surface area contributed by atoms with Crippen molar-refractivity contribution in [1.82, 2.24) is 13.8 Å². The van der Waals surface area contributed by atoms with Crippen LogP contribution in [-0.4, -0.2) is 54.8 Å². The largest absolute Gasteiger partial charge is 0.346 e. The number of unbranched alkanes of at least 4 members (excludes halogenated alkanes) is 1. The predicted octanol–water partition coefficient (Wildman–Crippen LogP) is 2.26. The summed E-state index contributed by atoms with van der Waals surface area (Å²) in [7, 11) is -0.141. The van der Waals surface area contributed by atoms with Crippen LogP contribution in [0.2, 0.25) is 0 Å². The van der Waals surface area contributed by atoms with E-state index in [0.717, 1.165) is 36.2 Å². The number of hydrogen-bond donors (Lipinski definition) is 0. The second-order valence-corrected chi connectivity index (χ2v) is 10.3. The summed E-state index contributed by atoms with van der Waals surface area (Å²) >= 11 is 1.04. The van der Waals surface area contributed by atoms with Crippen molar-refractivity contribution in [3.63, 3.8) is 0 Å². The molecule has 0 atom stereocenters. The third-order valence-electron chi connectivity index (χ3n) is 5.43. The standard InChI is InChI=1S/C19H27N3O4S2/c1-4-5-10-20(2)18(23)14-8-11-22(12-9-14)28(25,26)15-6-7-16-17(13-15)27-19(24)21(16)3/h6-7,13-14H,4-5,8-12H2,1-3H3. The number of rotatable bonds is 6. The first-order valence-corrected chi connectivity index (χ1v) is 11.9. The van der Waals surface area contributed by atoms with Crippen LogP contribution in [-0.2, 0) is 21.9 Å². The summed E-state index contributed by atoms with van der Waals surface area (Å²) in [5.41, 5.74) is 0.730. The van der Waals surface area contributed by atoms with Crippen molar-refractivity contribution < 1.29 is 13.2 Å². The second kappa shape index (κ2) is 8.34. The molecule has 1 aromatic carbocycles. The van der Waals surface area contributed by atoms with Crippen molar-refractivity contribution in [2.45, 2.75) is 37.5 Å². The van der Waals surface area contributed by atoms with E-state index in [-0.39, 0.29) is 21.6 Å². The molecule has 0 spiro atoms. The first-order chi connectivity index (χ1) is 13.3. The highest BCUT2D eigenvalue weighted by Gasteiger charge is 2.33. The van der Waals surface area contributed by atoms with Gasteiger partial charge in [-0.3, -0.25) is 9.59 Å². The fraction of sp³-hybridized carbons (Fsp3) is 0.579. The van der Waals surface area contributed by atoms with Gasteiger partial charge in [-0.05, 0) is 37.5 Å². The lowest BCUT2D eigenvalue weighted by Crippen LogP contribution is -2.43. The molecule has 1 aliphatic heterocycles. The number of nitrogens with zero attached hydrogens (tertiary/aromatic N) is 3. The molecule has 0 radical (unpaired) electrons. The van der Waals surface area contributed by atoms with Crippen molar-refractivity contribution in [1.29, 1.82) is 0 Å². The number of fused-ring (bicyclic) bond motifs is 1. The Labute approximate surface area is 169 Å². The van der Waals surface area contributed by atoms with E-state index < -0.39 is 10.0 Å². The molecule has 7 nitrogen and oxygen atoms in total. The molecule has 154 valence electrons. The fourth-order valence-electron chi connectivity index (χ4n) is 3.58. The predicted molar refractivity (Wildman–Crippen MR) is 111 cm³/mol. The molecule has 1 fully saturated rings. The van der Waals surface area contributed by atoms with E-state index in [1.165, 1.54) is 8.87 Å². The van der Waals surface area contributed by atoms with Crippen molar-refractivity contribution in [3.05, 3.63) is 27.9 Å². The van der Waals surface area contributed by atoms with E-state index in [4.69, 9.17) is 0 Å². The van der Waals surface area contributed by atoms with Crippen LogP contribution in [0.5, 0.6) is 0 Å². The number of aromatic nitrogens is 1. The highest BCUT2D eigenvalue weighted by atomic mass is 32.2. The first kappa shape index (κ1) is 21.0. The van der Waals surface area contributed by atoms with Crippen LogP contribution in [0.3, 0.4) is 0 Å². The molecular formula is C19H27N3O4S2. The van der Waals surface area contributed by atoms with Gasteiger partial charge in [0.05, 0.1) is 15.1 Å². The lowest BCUT2D eigenvalue weighted by atomic mass is 9.96. The number of carbonyl (C=O) groups excluding carboxylic acids is 1. The maximum atomic E-state index is 13.0. The van der Waals surface area contributed by atoms with Gasteiger partial charge in [0.2, 0.25) is 15.9 Å². The topological polar surface area (TPSA) is 79.7 Å². The van der Waals surface area contributed by atoms with E-state index in [9.17, 15) is 18.0 Å². The van der Waals surface area contributed by atoms with Crippen LogP contribution in [0, 0.1) is 5.92 Å². The molecule has 0 bridgehead atoms. The second-order valence-electron chi connectivity index (χ2n) is 7.35. The van der Waals surface area contributed by atoms with Crippen LogP contribution in [0.25, 0.3) is 10.2 Å². The molecule has 0 N–H and O–H groups in total. The molecule has 3 rings (SSSR count). The Morgan fingerprint density at radius 2 is 1.96 bits per heavy atom. The molecule has 28 heavy (non-hydrogen) atoms. The van der Waals surface area contributed by atoms with Crippen molar-refractivity contribution in [2.75, 3.05) is 26.7 Å². The summed E-state index contributed by atoms with van der Waals surface area (Å²) in [4.78, 5) is 26.2. The normalized spacial score (nSPS) is 16.5. The van der Waals surface area contributed by atoms with Gasteiger partial charge in [-0.2, -0.15) is 4.31 Å². The van der Waals surface area contributed by atoms with E-state index in [2.05, 4.69) is 6.92 Å². The number of hydrogen-bond acceptors (Lipinski definition) is 5. The molecule has 1 aliphatic rings. The molecule has 0 saturated carbocycles. The lowest BCUT2D eigenvalue weighted by Gasteiger charge is -2.32. The molecule has 2 heterocycles. The van der Waals surface area contributed by atoms with E-state index in [1.807, 2.05) is 7.05 Å². The Bertz CT molecular complexity index is 1020. The summed E-state index contributed by atoms with van der Waals surface area (Å²) in [6.07, 6.45) is 3.09. The van der Waals surface area contributed by atoms with E-state index in [0.29, 0.717) is 30.6 Å². The molecular weight excluding hydrogens is 398 g/mol. The third kappa shape index (κ3) is 4.01. The van der Waals surface area contributed by atoms with Crippen molar-refractivity contribution >= 4 is 37.5 Å². The Balaban J connectivity index is 1.71. The van der Waals surface area contributed by atoms with Crippen LogP contribution in [0.15, 0.2) is 27.9 Å². The van der Waals surface area contributed by atoms with Gasteiger partial charge in [0.15, 0.2) is 0 Å². The zero-order chi connectivity index (χ0) is 20.5. The SMILES string of the molecule is CCCCN(C)C(=O)C1CCN(S(=O)(=O)c2ccc3c(c2)sc(=O)n3C)CC1. The quantitative estimate of drug-likeness (QED) is 0.711. The average molecular weight is 426 g/mol. The monoisotopic (exact) mass is 425 g/mol.